The van der Waals surface area contributed by atoms with Gasteiger partial charge in [-0.3, -0.25) is 4.79 Å². The van der Waals surface area contributed by atoms with Crippen molar-refractivity contribution in [1.29, 1.82) is 0 Å². The van der Waals surface area contributed by atoms with Crippen molar-refractivity contribution < 1.29 is 14.6 Å². The zero-order valence-corrected chi connectivity index (χ0v) is 13.7. The number of benzene rings is 1. The Hall–Kier alpha value is -1.03. The van der Waals surface area contributed by atoms with E-state index in [1.54, 1.807) is 7.11 Å². The molecule has 0 spiro atoms. The SMILES string of the molecule is COc1c(Br)c2c(c(C)c1CCCC(=O)O)CCCC2. The molecule has 0 heterocycles. The third-order valence-electron chi connectivity index (χ3n) is 4.13. The minimum atomic E-state index is -0.737. The molecule has 1 aliphatic rings. The molecule has 0 atom stereocenters. The second-order valence-electron chi connectivity index (χ2n) is 5.36. The zero-order chi connectivity index (χ0) is 14.7. The van der Waals surface area contributed by atoms with Crippen LogP contribution in [0.2, 0.25) is 0 Å². The molecule has 0 radical (unpaired) electrons. The summed E-state index contributed by atoms with van der Waals surface area (Å²) in [6.45, 7) is 2.15. The Morgan fingerprint density at radius 1 is 1.30 bits per heavy atom. The maximum Gasteiger partial charge on any atom is 0.303 e. The molecule has 0 amide bonds. The van der Waals surface area contributed by atoms with Crippen LogP contribution in [-0.2, 0) is 24.1 Å². The summed E-state index contributed by atoms with van der Waals surface area (Å²) in [4.78, 5) is 10.7. The quantitative estimate of drug-likeness (QED) is 0.879. The number of carboxylic acid groups (broad SMARTS) is 1. The highest BCUT2D eigenvalue weighted by Gasteiger charge is 2.22. The second kappa shape index (κ2) is 6.61. The molecule has 4 heteroatoms. The first-order chi connectivity index (χ1) is 9.56. The van der Waals surface area contributed by atoms with Crippen LogP contribution < -0.4 is 4.74 Å². The molecule has 1 aliphatic carbocycles. The minimum absolute atomic E-state index is 0.206. The topological polar surface area (TPSA) is 46.5 Å². The van der Waals surface area contributed by atoms with E-state index in [9.17, 15) is 4.79 Å². The molecule has 0 aliphatic heterocycles. The van der Waals surface area contributed by atoms with Gasteiger partial charge in [0, 0.05) is 6.42 Å². The first-order valence-corrected chi connectivity index (χ1v) is 7.94. The normalized spacial score (nSPS) is 13.9. The summed E-state index contributed by atoms with van der Waals surface area (Å²) in [5, 5.41) is 8.79. The average molecular weight is 341 g/mol. The van der Waals surface area contributed by atoms with Crippen LogP contribution in [0.5, 0.6) is 5.75 Å². The van der Waals surface area contributed by atoms with Gasteiger partial charge in [-0.1, -0.05) is 0 Å². The van der Waals surface area contributed by atoms with Crippen molar-refractivity contribution in [2.45, 2.75) is 51.9 Å². The molecule has 20 heavy (non-hydrogen) atoms. The van der Waals surface area contributed by atoms with E-state index in [0.717, 1.165) is 29.5 Å². The van der Waals surface area contributed by atoms with Crippen LogP contribution in [0.15, 0.2) is 4.47 Å². The number of rotatable bonds is 5. The van der Waals surface area contributed by atoms with Crippen LogP contribution in [-0.4, -0.2) is 18.2 Å². The number of hydrogen-bond acceptors (Lipinski definition) is 2. The van der Waals surface area contributed by atoms with Crippen LogP contribution in [0, 0.1) is 6.92 Å². The van der Waals surface area contributed by atoms with Gasteiger partial charge in [0.05, 0.1) is 11.6 Å². The lowest BCUT2D eigenvalue weighted by Crippen LogP contribution is -2.11. The Kier molecular flexibility index (Phi) is 5.08. The Bertz CT molecular complexity index is 523. The van der Waals surface area contributed by atoms with Crippen LogP contribution in [0.1, 0.15) is 47.9 Å². The van der Waals surface area contributed by atoms with E-state index < -0.39 is 5.97 Å². The molecule has 110 valence electrons. The van der Waals surface area contributed by atoms with Crippen molar-refractivity contribution in [3.8, 4) is 5.75 Å². The summed E-state index contributed by atoms with van der Waals surface area (Å²) in [5.74, 6) is 0.159. The van der Waals surface area contributed by atoms with E-state index in [1.807, 2.05) is 0 Å². The summed E-state index contributed by atoms with van der Waals surface area (Å²) in [5.41, 5.74) is 5.29. The largest absolute Gasteiger partial charge is 0.495 e. The fraction of sp³-hybridized carbons (Fsp3) is 0.562. The van der Waals surface area contributed by atoms with Crippen molar-refractivity contribution in [3.63, 3.8) is 0 Å². The van der Waals surface area contributed by atoms with Crippen LogP contribution in [0.3, 0.4) is 0 Å². The highest BCUT2D eigenvalue weighted by Crippen LogP contribution is 2.41. The van der Waals surface area contributed by atoms with Crippen molar-refractivity contribution in [3.05, 3.63) is 26.7 Å². The van der Waals surface area contributed by atoms with Gasteiger partial charge in [0.1, 0.15) is 5.75 Å². The van der Waals surface area contributed by atoms with Crippen molar-refractivity contribution >= 4 is 21.9 Å². The van der Waals surface area contributed by atoms with Gasteiger partial charge in [0.15, 0.2) is 0 Å². The first-order valence-electron chi connectivity index (χ1n) is 7.14. The molecular weight excluding hydrogens is 320 g/mol. The third-order valence-corrected chi connectivity index (χ3v) is 4.97. The number of ether oxygens (including phenoxy) is 1. The van der Waals surface area contributed by atoms with E-state index in [2.05, 4.69) is 22.9 Å². The Morgan fingerprint density at radius 3 is 2.55 bits per heavy atom. The van der Waals surface area contributed by atoms with Gasteiger partial charge < -0.3 is 9.84 Å². The minimum Gasteiger partial charge on any atom is -0.495 e. The van der Waals surface area contributed by atoms with Crippen molar-refractivity contribution in [2.24, 2.45) is 0 Å². The van der Waals surface area contributed by atoms with Gasteiger partial charge in [-0.2, -0.15) is 0 Å². The maximum absolute atomic E-state index is 10.7. The van der Waals surface area contributed by atoms with E-state index >= 15 is 0 Å². The highest BCUT2D eigenvalue weighted by atomic mass is 79.9. The number of aliphatic carboxylic acids is 1. The van der Waals surface area contributed by atoms with Crippen LogP contribution in [0.25, 0.3) is 0 Å². The standard InChI is InChI=1S/C16H21BrO3/c1-10-11-6-3-4-7-13(11)15(17)16(20-2)12(10)8-5-9-14(18)19/h3-9H2,1-2H3,(H,18,19). The van der Waals surface area contributed by atoms with Gasteiger partial charge in [-0.25, -0.2) is 0 Å². The number of methoxy groups -OCH3 is 1. The smallest absolute Gasteiger partial charge is 0.303 e. The second-order valence-corrected chi connectivity index (χ2v) is 6.16. The summed E-state index contributed by atoms with van der Waals surface area (Å²) in [6.07, 6.45) is 6.30. The predicted molar refractivity (Wildman–Crippen MR) is 82.6 cm³/mol. The molecule has 1 N–H and O–H groups in total. The molecule has 0 bridgehead atoms. The number of fused-ring (bicyclic) bond motifs is 1. The predicted octanol–water partition coefficient (Wildman–Crippen LogP) is 4.05. The monoisotopic (exact) mass is 340 g/mol. The fourth-order valence-corrected chi connectivity index (χ4v) is 3.95. The molecule has 1 aromatic rings. The molecule has 0 saturated carbocycles. The molecule has 0 fully saturated rings. The number of carboxylic acids is 1. The van der Waals surface area contributed by atoms with Crippen molar-refractivity contribution in [2.75, 3.05) is 7.11 Å². The molecule has 1 aromatic carbocycles. The zero-order valence-electron chi connectivity index (χ0n) is 12.1. The molecule has 0 saturated heterocycles. The molecule has 0 unspecified atom stereocenters. The summed E-state index contributed by atoms with van der Waals surface area (Å²) in [7, 11) is 1.69. The lowest BCUT2D eigenvalue weighted by Gasteiger charge is -2.25. The molecule has 3 nitrogen and oxygen atoms in total. The average Bonchev–Trinajstić information content (AvgIpc) is 2.44. The van der Waals surface area contributed by atoms with Crippen LogP contribution in [0.4, 0.5) is 0 Å². The maximum atomic E-state index is 10.7. The van der Waals surface area contributed by atoms with Gasteiger partial charge in [-0.05, 0) is 83.6 Å². The first kappa shape index (κ1) is 15.4. The Morgan fingerprint density at radius 2 is 1.95 bits per heavy atom. The Labute approximate surface area is 128 Å². The van der Waals surface area contributed by atoms with E-state index in [-0.39, 0.29) is 6.42 Å². The lowest BCUT2D eigenvalue weighted by atomic mass is 9.85. The summed E-state index contributed by atoms with van der Waals surface area (Å²) in [6, 6.07) is 0. The highest BCUT2D eigenvalue weighted by molar-refractivity contribution is 9.10. The van der Waals surface area contributed by atoms with E-state index in [4.69, 9.17) is 9.84 Å². The summed E-state index contributed by atoms with van der Waals surface area (Å²) >= 11 is 3.69. The van der Waals surface area contributed by atoms with Gasteiger partial charge in [0.2, 0.25) is 0 Å². The van der Waals surface area contributed by atoms with Gasteiger partial charge in [0.25, 0.3) is 0 Å². The van der Waals surface area contributed by atoms with Gasteiger partial charge in [-0.15, -0.1) is 0 Å². The molecular formula is C16H21BrO3. The number of halogens is 1. The number of carbonyl (C=O) groups is 1. The Balaban J connectivity index is 2.38. The van der Waals surface area contributed by atoms with E-state index in [1.165, 1.54) is 35.1 Å². The summed E-state index contributed by atoms with van der Waals surface area (Å²) < 4.78 is 6.66. The molecule has 2 rings (SSSR count). The lowest BCUT2D eigenvalue weighted by molar-refractivity contribution is -0.137. The van der Waals surface area contributed by atoms with E-state index in [0.29, 0.717) is 6.42 Å². The third kappa shape index (κ3) is 3.00. The molecule has 0 aromatic heterocycles. The fourth-order valence-electron chi connectivity index (χ4n) is 3.11. The van der Waals surface area contributed by atoms with Crippen molar-refractivity contribution in [1.82, 2.24) is 0 Å². The number of hydrogen-bond donors (Lipinski definition) is 1. The van der Waals surface area contributed by atoms with Crippen LogP contribution >= 0.6 is 15.9 Å². The van der Waals surface area contributed by atoms with Gasteiger partial charge >= 0.3 is 5.97 Å².